The molecule has 3 aromatic carbocycles. The molecule has 1 amide bonds. The number of ether oxygens (including phenoxy) is 1. The van der Waals surface area contributed by atoms with Crippen molar-refractivity contribution in [2.75, 3.05) is 0 Å². The van der Waals surface area contributed by atoms with Crippen molar-refractivity contribution >= 4 is 56.9 Å². The fourth-order valence-electron chi connectivity index (χ4n) is 2.79. The second-order valence-corrected chi connectivity index (χ2v) is 8.22. The zero-order chi connectivity index (χ0) is 23.1. The zero-order valence-electron chi connectivity index (χ0n) is 16.4. The number of carbonyl (C=O) groups is 1. The highest BCUT2D eigenvalue weighted by atomic mass is 79.9. The number of amides is 1. The monoisotopic (exact) mass is 535 g/mol. The lowest BCUT2D eigenvalue weighted by atomic mass is 10.1. The third-order valence-corrected chi connectivity index (χ3v) is 5.53. The quantitative estimate of drug-likeness (QED) is 0.219. The molecule has 0 saturated carbocycles. The minimum absolute atomic E-state index is 0.116. The molecular formula is C22H16BrCl2N3O4. The van der Waals surface area contributed by atoms with Crippen molar-refractivity contribution in [1.82, 2.24) is 5.43 Å². The van der Waals surface area contributed by atoms with Gasteiger partial charge in [-0.05, 0) is 39.7 Å². The number of para-hydroxylation sites is 1. The summed E-state index contributed by atoms with van der Waals surface area (Å²) in [6, 6.07) is 16.7. The van der Waals surface area contributed by atoms with Crippen LogP contribution in [0.25, 0.3) is 0 Å². The molecule has 0 aliphatic carbocycles. The maximum atomic E-state index is 12.1. The molecule has 0 aliphatic heterocycles. The number of nitro benzene ring substituents is 1. The van der Waals surface area contributed by atoms with Gasteiger partial charge in [0.15, 0.2) is 5.75 Å². The Kier molecular flexibility index (Phi) is 8.21. The summed E-state index contributed by atoms with van der Waals surface area (Å²) in [6.07, 6.45) is 1.24. The first kappa shape index (κ1) is 23.7. The third-order valence-electron chi connectivity index (χ3n) is 4.29. The highest BCUT2D eigenvalue weighted by Gasteiger charge is 2.15. The maximum Gasteiger partial charge on any atom is 0.273 e. The van der Waals surface area contributed by atoms with Crippen LogP contribution in [0.5, 0.6) is 5.75 Å². The Morgan fingerprint density at radius 1 is 1.09 bits per heavy atom. The van der Waals surface area contributed by atoms with E-state index in [4.69, 9.17) is 27.9 Å². The highest BCUT2D eigenvalue weighted by Crippen LogP contribution is 2.35. The Hall–Kier alpha value is -2.94. The van der Waals surface area contributed by atoms with Crippen molar-refractivity contribution in [3.63, 3.8) is 0 Å². The van der Waals surface area contributed by atoms with E-state index in [1.54, 1.807) is 30.3 Å². The van der Waals surface area contributed by atoms with Gasteiger partial charge in [-0.1, -0.05) is 59.6 Å². The molecule has 3 aromatic rings. The van der Waals surface area contributed by atoms with E-state index in [0.29, 0.717) is 31.4 Å². The van der Waals surface area contributed by atoms with Gasteiger partial charge < -0.3 is 4.74 Å². The van der Waals surface area contributed by atoms with Crippen molar-refractivity contribution < 1.29 is 14.5 Å². The average molecular weight is 537 g/mol. The largest absolute Gasteiger partial charge is 0.486 e. The van der Waals surface area contributed by atoms with Gasteiger partial charge in [-0.15, -0.1) is 0 Å². The Bertz CT molecular complexity index is 1160. The summed E-state index contributed by atoms with van der Waals surface area (Å²) >= 11 is 15.9. The number of carbonyl (C=O) groups excluding carboxylic acids is 1. The van der Waals surface area contributed by atoms with Crippen LogP contribution in [0, 0.1) is 10.1 Å². The topological polar surface area (TPSA) is 93.8 Å². The summed E-state index contributed by atoms with van der Waals surface area (Å²) in [7, 11) is 0. The standard InChI is InChI=1S/C22H16BrCl2N3O4/c23-17-9-14(10-19(25)22(17)32-13-16-6-1-3-7-18(16)24)12-26-27-21(29)11-15-5-2-4-8-20(15)28(30)31/h1-10,12H,11,13H2,(H,27,29)/b26-12+. The molecule has 10 heteroatoms. The molecule has 0 aromatic heterocycles. The lowest BCUT2D eigenvalue weighted by Crippen LogP contribution is -2.20. The number of hydrogen-bond acceptors (Lipinski definition) is 5. The number of benzene rings is 3. The molecule has 164 valence electrons. The summed E-state index contributed by atoms with van der Waals surface area (Å²) in [5.74, 6) is -0.0374. The normalized spacial score (nSPS) is 10.8. The lowest BCUT2D eigenvalue weighted by molar-refractivity contribution is -0.385. The van der Waals surface area contributed by atoms with E-state index in [0.717, 1.165) is 5.56 Å². The van der Waals surface area contributed by atoms with E-state index >= 15 is 0 Å². The van der Waals surface area contributed by atoms with E-state index in [1.165, 1.54) is 18.3 Å². The molecule has 0 spiro atoms. The lowest BCUT2D eigenvalue weighted by Gasteiger charge is -2.12. The van der Waals surface area contributed by atoms with Gasteiger partial charge in [0.2, 0.25) is 5.91 Å². The number of nitrogens with one attached hydrogen (secondary N) is 1. The summed E-state index contributed by atoms with van der Waals surface area (Å²) in [6.45, 7) is 0.243. The fraction of sp³-hybridized carbons (Fsp3) is 0.0909. The first-order valence-electron chi connectivity index (χ1n) is 9.24. The number of hydrazone groups is 1. The molecule has 3 rings (SSSR count). The van der Waals surface area contributed by atoms with Crippen LogP contribution in [0.2, 0.25) is 10.0 Å². The molecule has 0 atom stereocenters. The summed E-state index contributed by atoms with van der Waals surface area (Å²) in [5.41, 5.74) is 3.97. The molecular weight excluding hydrogens is 521 g/mol. The number of halogens is 3. The van der Waals surface area contributed by atoms with E-state index in [-0.39, 0.29) is 18.7 Å². The minimum atomic E-state index is -0.527. The molecule has 0 saturated heterocycles. The van der Waals surface area contributed by atoms with Crippen LogP contribution >= 0.6 is 39.1 Å². The Morgan fingerprint density at radius 3 is 2.47 bits per heavy atom. The van der Waals surface area contributed by atoms with Gasteiger partial charge in [0.1, 0.15) is 6.61 Å². The number of nitrogens with zero attached hydrogens (tertiary/aromatic N) is 2. The molecule has 0 aliphatic rings. The highest BCUT2D eigenvalue weighted by molar-refractivity contribution is 9.10. The zero-order valence-corrected chi connectivity index (χ0v) is 19.5. The smallest absolute Gasteiger partial charge is 0.273 e. The first-order chi connectivity index (χ1) is 15.3. The van der Waals surface area contributed by atoms with Crippen LogP contribution in [0.4, 0.5) is 5.69 Å². The van der Waals surface area contributed by atoms with Gasteiger partial charge in [-0.25, -0.2) is 5.43 Å². The summed E-state index contributed by atoms with van der Waals surface area (Å²) in [5, 5.41) is 15.9. The van der Waals surface area contributed by atoms with Crippen LogP contribution in [0.1, 0.15) is 16.7 Å². The molecule has 0 radical (unpaired) electrons. The van der Waals surface area contributed by atoms with Crippen molar-refractivity contribution in [2.24, 2.45) is 5.10 Å². The van der Waals surface area contributed by atoms with Crippen LogP contribution in [0.3, 0.4) is 0 Å². The van der Waals surface area contributed by atoms with Crippen LogP contribution in [0.15, 0.2) is 70.2 Å². The Labute approximate surface area is 202 Å². The molecule has 32 heavy (non-hydrogen) atoms. The van der Waals surface area contributed by atoms with Crippen molar-refractivity contribution in [3.05, 3.63) is 102 Å². The van der Waals surface area contributed by atoms with E-state index in [1.807, 2.05) is 18.2 Å². The van der Waals surface area contributed by atoms with Crippen LogP contribution in [-0.4, -0.2) is 17.0 Å². The molecule has 0 heterocycles. The van der Waals surface area contributed by atoms with Crippen LogP contribution < -0.4 is 10.2 Å². The number of rotatable bonds is 8. The SMILES string of the molecule is O=C(Cc1ccccc1[N+](=O)[O-])N/N=C/c1cc(Cl)c(OCc2ccccc2Cl)c(Br)c1. The van der Waals surface area contributed by atoms with Gasteiger partial charge in [-0.2, -0.15) is 5.10 Å². The maximum absolute atomic E-state index is 12.1. The number of hydrogen-bond donors (Lipinski definition) is 1. The van der Waals surface area contributed by atoms with Gasteiger partial charge in [0, 0.05) is 22.2 Å². The van der Waals surface area contributed by atoms with Gasteiger partial charge in [-0.3, -0.25) is 14.9 Å². The number of nitro groups is 1. The van der Waals surface area contributed by atoms with Gasteiger partial charge >= 0.3 is 0 Å². The predicted octanol–water partition coefficient (Wildman–Crippen LogP) is 5.94. The minimum Gasteiger partial charge on any atom is -0.486 e. The molecule has 0 bridgehead atoms. The molecule has 0 fully saturated rings. The van der Waals surface area contributed by atoms with Crippen LogP contribution in [-0.2, 0) is 17.8 Å². The van der Waals surface area contributed by atoms with E-state index < -0.39 is 10.8 Å². The van der Waals surface area contributed by atoms with Gasteiger partial charge in [0.25, 0.3) is 5.69 Å². The molecule has 7 nitrogen and oxygen atoms in total. The molecule has 1 N–H and O–H groups in total. The Balaban J connectivity index is 1.62. The predicted molar refractivity (Wildman–Crippen MR) is 127 cm³/mol. The van der Waals surface area contributed by atoms with Gasteiger partial charge in [0.05, 0.1) is 27.1 Å². The summed E-state index contributed by atoms with van der Waals surface area (Å²) in [4.78, 5) is 22.6. The van der Waals surface area contributed by atoms with E-state index in [9.17, 15) is 14.9 Å². The second-order valence-electron chi connectivity index (χ2n) is 6.55. The second kappa shape index (κ2) is 11.1. The van der Waals surface area contributed by atoms with Crippen molar-refractivity contribution in [1.29, 1.82) is 0 Å². The van der Waals surface area contributed by atoms with Crippen molar-refractivity contribution in [3.8, 4) is 5.75 Å². The van der Waals surface area contributed by atoms with Crippen molar-refractivity contribution in [2.45, 2.75) is 13.0 Å². The molecule has 0 unspecified atom stereocenters. The Morgan fingerprint density at radius 2 is 1.78 bits per heavy atom. The summed E-state index contributed by atoms with van der Waals surface area (Å²) < 4.78 is 6.40. The third kappa shape index (κ3) is 6.29. The van der Waals surface area contributed by atoms with E-state index in [2.05, 4.69) is 26.5 Å². The average Bonchev–Trinajstić information content (AvgIpc) is 2.74. The fourth-order valence-corrected chi connectivity index (χ4v) is 3.97. The first-order valence-corrected chi connectivity index (χ1v) is 10.8.